The number of rotatable bonds is 4. The van der Waals surface area contributed by atoms with Gasteiger partial charge in [0.2, 0.25) is 0 Å². The molecule has 0 fully saturated rings. The van der Waals surface area contributed by atoms with E-state index in [1.165, 1.54) is 16.7 Å². The molecule has 25 heavy (non-hydrogen) atoms. The number of hydrogen-bond acceptors (Lipinski definition) is 5. The zero-order valence-electron chi connectivity index (χ0n) is 13.9. The first-order valence-electron chi connectivity index (χ1n) is 7.69. The Morgan fingerprint density at radius 2 is 2.04 bits per heavy atom. The lowest BCUT2D eigenvalue weighted by Crippen LogP contribution is -2.34. The summed E-state index contributed by atoms with van der Waals surface area (Å²) in [4.78, 5) is 24.5. The summed E-state index contributed by atoms with van der Waals surface area (Å²) in [5.74, 6) is -0.346. The van der Waals surface area contributed by atoms with Gasteiger partial charge in [-0.3, -0.25) is 14.2 Å². The van der Waals surface area contributed by atoms with Crippen LogP contribution in [0.5, 0.6) is 5.75 Å². The van der Waals surface area contributed by atoms with E-state index in [1.807, 2.05) is 6.07 Å². The first-order chi connectivity index (χ1) is 12.0. The normalized spacial score (nSPS) is 11.2. The summed E-state index contributed by atoms with van der Waals surface area (Å²) in [7, 11) is 0. The van der Waals surface area contributed by atoms with Gasteiger partial charge in [-0.1, -0.05) is 17.9 Å². The molecule has 0 saturated carbocycles. The van der Waals surface area contributed by atoms with Crippen LogP contribution in [0.25, 0.3) is 17.4 Å². The molecule has 2 aromatic rings. The minimum atomic E-state index is -0.498. The minimum absolute atomic E-state index is 0.0801. The number of carbonyl (C=O) groups excluding carboxylic acids is 1. The summed E-state index contributed by atoms with van der Waals surface area (Å²) in [6.45, 7) is 4.27. The predicted molar refractivity (Wildman–Crippen MR) is 97.2 cm³/mol. The van der Waals surface area contributed by atoms with Gasteiger partial charge < -0.3 is 10.4 Å². The molecule has 0 aliphatic heterocycles. The van der Waals surface area contributed by atoms with Crippen LogP contribution in [0.15, 0.2) is 29.1 Å². The van der Waals surface area contributed by atoms with E-state index in [0.717, 1.165) is 16.9 Å². The molecule has 0 unspecified atom stereocenters. The lowest BCUT2D eigenvalue weighted by molar-refractivity contribution is -0.115. The van der Waals surface area contributed by atoms with E-state index in [-0.39, 0.29) is 16.9 Å². The molecular weight excluding hydrogens is 338 g/mol. The van der Waals surface area contributed by atoms with Crippen molar-refractivity contribution in [1.82, 2.24) is 9.88 Å². The molecular formula is C18H17N3O3S. The zero-order chi connectivity index (χ0) is 18.4. The zero-order valence-corrected chi connectivity index (χ0v) is 14.7. The van der Waals surface area contributed by atoms with Gasteiger partial charge in [0.1, 0.15) is 21.0 Å². The standard InChI is InChI=1S/C18H17N3O3S/c1-3-20-16(23)14(11-19)18-21(4-2)17(24)15(25-18)10-7-12-5-8-13(22)9-6-12/h5-9,22H,3-4H2,1-2H3,(H,20,23)/b18-14-. The van der Waals surface area contributed by atoms with E-state index in [9.17, 15) is 20.0 Å². The van der Waals surface area contributed by atoms with Gasteiger partial charge in [-0.15, -0.1) is 11.3 Å². The number of thiazole rings is 1. The monoisotopic (exact) mass is 355 g/mol. The fraction of sp³-hybridized carbons (Fsp3) is 0.222. The van der Waals surface area contributed by atoms with Crippen molar-refractivity contribution >= 4 is 34.6 Å². The van der Waals surface area contributed by atoms with E-state index in [1.54, 1.807) is 32.1 Å². The molecule has 2 rings (SSSR count). The summed E-state index contributed by atoms with van der Waals surface area (Å²) in [5.41, 5.74) is 3.31. The van der Waals surface area contributed by atoms with Crippen LogP contribution in [0.1, 0.15) is 19.4 Å². The molecule has 7 heteroatoms. The number of aromatic nitrogens is 1. The Hall–Kier alpha value is -3.07. The average molecular weight is 355 g/mol. The molecule has 128 valence electrons. The van der Waals surface area contributed by atoms with Crippen molar-refractivity contribution in [2.45, 2.75) is 20.4 Å². The second-order valence-electron chi connectivity index (χ2n) is 5.01. The Morgan fingerprint density at radius 3 is 2.60 bits per heavy atom. The molecule has 1 heterocycles. The van der Waals surface area contributed by atoms with Gasteiger partial charge in [0.15, 0.2) is 5.57 Å². The fourth-order valence-corrected chi connectivity index (χ4v) is 3.21. The SMILES string of the molecule is CCNC(=O)/C(C#N)=c1\sc(=C=Cc2ccc(O)cc2)c(=O)n1CC. The maximum atomic E-state index is 12.5. The molecule has 0 aliphatic carbocycles. The van der Waals surface area contributed by atoms with Crippen LogP contribution in [-0.2, 0) is 11.3 Å². The highest BCUT2D eigenvalue weighted by Gasteiger charge is 2.14. The van der Waals surface area contributed by atoms with Crippen molar-refractivity contribution in [2.24, 2.45) is 0 Å². The van der Waals surface area contributed by atoms with Crippen molar-refractivity contribution in [3.63, 3.8) is 0 Å². The smallest absolute Gasteiger partial charge is 0.277 e. The van der Waals surface area contributed by atoms with Crippen LogP contribution < -0.4 is 20.1 Å². The number of phenols is 1. The molecule has 1 aromatic carbocycles. The van der Waals surface area contributed by atoms with Crippen LogP contribution in [0.3, 0.4) is 0 Å². The predicted octanol–water partition coefficient (Wildman–Crippen LogP) is 0.538. The maximum absolute atomic E-state index is 12.5. The number of nitrogens with one attached hydrogen (secondary N) is 1. The van der Waals surface area contributed by atoms with Gasteiger partial charge in [0.25, 0.3) is 11.5 Å². The third-order valence-corrected chi connectivity index (χ3v) is 4.47. The van der Waals surface area contributed by atoms with Crippen LogP contribution in [0.2, 0.25) is 0 Å². The number of aromatic hydroxyl groups is 1. The highest BCUT2D eigenvalue weighted by Crippen LogP contribution is 2.10. The molecule has 0 radical (unpaired) electrons. The van der Waals surface area contributed by atoms with Gasteiger partial charge >= 0.3 is 0 Å². The largest absolute Gasteiger partial charge is 0.508 e. The van der Waals surface area contributed by atoms with Crippen LogP contribution in [-0.4, -0.2) is 22.1 Å². The maximum Gasteiger partial charge on any atom is 0.277 e. The third-order valence-electron chi connectivity index (χ3n) is 3.35. The quantitative estimate of drug-likeness (QED) is 0.837. The number of nitriles is 1. The summed E-state index contributed by atoms with van der Waals surface area (Å²) >= 11 is 1.06. The second kappa shape index (κ2) is 8.15. The van der Waals surface area contributed by atoms with Crippen molar-refractivity contribution in [1.29, 1.82) is 5.26 Å². The van der Waals surface area contributed by atoms with Crippen molar-refractivity contribution < 1.29 is 9.90 Å². The lowest BCUT2D eigenvalue weighted by Gasteiger charge is -2.00. The Balaban J connectivity index is 2.72. The average Bonchev–Trinajstić information content (AvgIpc) is 2.91. The van der Waals surface area contributed by atoms with E-state index in [0.29, 0.717) is 22.3 Å². The number of hydrogen-bond donors (Lipinski definition) is 2. The van der Waals surface area contributed by atoms with Crippen molar-refractivity contribution in [2.75, 3.05) is 6.54 Å². The number of amides is 1. The van der Waals surface area contributed by atoms with E-state index >= 15 is 0 Å². The van der Waals surface area contributed by atoms with Gasteiger partial charge in [-0.05, 0) is 37.6 Å². The summed E-state index contributed by atoms with van der Waals surface area (Å²) in [5, 5.41) is 21.2. The van der Waals surface area contributed by atoms with Crippen molar-refractivity contribution in [3.05, 3.63) is 49.4 Å². The van der Waals surface area contributed by atoms with Crippen LogP contribution in [0.4, 0.5) is 0 Å². The van der Waals surface area contributed by atoms with E-state index in [4.69, 9.17) is 0 Å². The third kappa shape index (κ3) is 4.07. The lowest BCUT2D eigenvalue weighted by atomic mass is 10.2. The van der Waals surface area contributed by atoms with Gasteiger partial charge in [-0.25, -0.2) is 0 Å². The van der Waals surface area contributed by atoms with Crippen molar-refractivity contribution in [3.8, 4) is 11.8 Å². The Morgan fingerprint density at radius 1 is 1.36 bits per heavy atom. The van der Waals surface area contributed by atoms with Gasteiger partial charge in [0.05, 0.1) is 0 Å². The summed E-state index contributed by atoms with van der Waals surface area (Å²) in [6.07, 6.45) is 1.62. The topological polar surface area (TPSA) is 95.1 Å². The van der Waals surface area contributed by atoms with E-state index in [2.05, 4.69) is 11.0 Å². The van der Waals surface area contributed by atoms with Gasteiger partial charge in [-0.2, -0.15) is 5.26 Å². The molecule has 2 N–H and O–H groups in total. The molecule has 1 aromatic heterocycles. The van der Waals surface area contributed by atoms with Gasteiger partial charge in [0, 0.05) is 13.1 Å². The molecule has 0 aliphatic rings. The molecule has 6 nitrogen and oxygen atoms in total. The molecule has 0 saturated heterocycles. The first kappa shape index (κ1) is 18.3. The Labute approximate surface area is 148 Å². The molecule has 0 atom stereocenters. The molecule has 0 spiro atoms. The highest BCUT2D eigenvalue weighted by atomic mass is 32.1. The van der Waals surface area contributed by atoms with Crippen LogP contribution >= 0.6 is 11.3 Å². The summed E-state index contributed by atoms with van der Waals surface area (Å²) < 4.78 is 2.02. The summed E-state index contributed by atoms with van der Waals surface area (Å²) in [6, 6.07) is 8.34. The Bertz CT molecular complexity index is 1030. The fourth-order valence-electron chi connectivity index (χ4n) is 2.14. The number of nitrogens with zero attached hydrogens (tertiary/aromatic N) is 2. The molecule has 1 amide bonds. The second-order valence-corrected chi connectivity index (χ2v) is 6.01. The number of phenolic OH excluding ortho intramolecular Hbond substituents is 1. The number of carbonyl (C=O) groups is 1. The van der Waals surface area contributed by atoms with E-state index < -0.39 is 5.91 Å². The first-order valence-corrected chi connectivity index (χ1v) is 8.51. The highest BCUT2D eigenvalue weighted by molar-refractivity contribution is 7.07. The minimum Gasteiger partial charge on any atom is -0.508 e. The number of benzene rings is 1. The molecule has 0 bridgehead atoms. The van der Waals surface area contributed by atoms with Crippen LogP contribution in [0, 0.1) is 11.3 Å². The Kier molecular flexibility index (Phi) is 5.96.